The number of phenolic OH excluding ortho intramolecular Hbond substituents is 1. The molecule has 10 rings (SSSR count). The maximum atomic E-state index is 15.2. The number of morpholine rings is 1. The number of hydrogen-bond acceptors (Lipinski definition) is 13. The average Bonchev–Trinajstić information content (AvgIpc) is 4.08. The summed E-state index contributed by atoms with van der Waals surface area (Å²) < 4.78 is 25.1. The summed E-state index contributed by atoms with van der Waals surface area (Å²) in [5.74, 6) is -4.89. The minimum absolute atomic E-state index is 0.0209. The fraction of sp³-hybridized carbons (Fsp3) is 0.345. The molecule has 75 heavy (non-hydrogen) atoms. The van der Waals surface area contributed by atoms with Crippen LogP contribution in [-0.2, 0) is 48.4 Å². The van der Waals surface area contributed by atoms with E-state index in [0.29, 0.717) is 34.5 Å². The van der Waals surface area contributed by atoms with Crippen LogP contribution in [0.3, 0.4) is 0 Å². The number of anilines is 1. The first kappa shape index (κ1) is 51.4. The molecule has 3 amide bonds. The summed E-state index contributed by atoms with van der Waals surface area (Å²) in [6, 6.07) is 32.6. The van der Waals surface area contributed by atoms with E-state index >= 15 is 4.79 Å². The number of phenols is 1. The van der Waals surface area contributed by atoms with E-state index in [9.17, 15) is 29.1 Å². The summed E-state index contributed by atoms with van der Waals surface area (Å²) >= 11 is 2.18. The van der Waals surface area contributed by atoms with Crippen LogP contribution in [0.4, 0.5) is 5.69 Å². The van der Waals surface area contributed by atoms with E-state index in [1.807, 2.05) is 104 Å². The van der Waals surface area contributed by atoms with Gasteiger partial charge in [0.15, 0.2) is 0 Å². The number of carbonyl (C=O) groups is 6. The van der Waals surface area contributed by atoms with Crippen molar-refractivity contribution in [3.8, 4) is 11.5 Å². The summed E-state index contributed by atoms with van der Waals surface area (Å²) in [5.41, 5.74) is 2.08. The first-order chi connectivity index (χ1) is 36.3. The standard InChI is InChI=1S/C58H58IN5O11/c1-4-29-73-55(69)46-49-56(70)75-50(36-15-9-6-10-16-36)48(34-13-7-5-8-14-34)64(49)51(58(46)42-32-38(59)22-27-43(42)61-57(58)71)37-20-25-40(26-21-37)72-30-31-74-54(68)41-33-45-52(66)60-44(17-11-12-28-62(2)3)53(67)63(45)47(41)35-18-23-39(65)24-19-35/h4-10,13-16,18-27,32,41,44-51,65H,1,11-12,17,28-31,33H2,2-3H3,(H,60,66)(H,61,71)/t41-,44+,45-,46+,47-,48+,49+,50-,51-,58+/m1/s1. The topological polar surface area (TPSA) is 193 Å². The normalized spacial score (nSPS) is 26.7. The second-order valence-corrected chi connectivity index (χ2v) is 21.2. The Morgan fingerprint density at radius 2 is 1.49 bits per heavy atom. The lowest BCUT2D eigenvalue weighted by Crippen LogP contribution is -2.61. The molecule has 5 aromatic carbocycles. The van der Waals surface area contributed by atoms with Gasteiger partial charge < -0.3 is 44.5 Å². The maximum Gasteiger partial charge on any atom is 0.325 e. The van der Waals surface area contributed by atoms with Gasteiger partial charge in [0.25, 0.3) is 0 Å². The number of halogens is 1. The van der Waals surface area contributed by atoms with Crippen LogP contribution >= 0.6 is 22.6 Å². The first-order valence-corrected chi connectivity index (χ1v) is 26.3. The van der Waals surface area contributed by atoms with Gasteiger partial charge in [-0.05, 0) is 139 Å². The lowest BCUT2D eigenvalue weighted by molar-refractivity contribution is -0.180. The Morgan fingerprint density at radius 3 is 2.19 bits per heavy atom. The van der Waals surface area contributed by atoms with Crippen LogP contribution in [0.5, 0.6) is 11.5 Å². The van der Waals surface area contributed by atoms with Gasteiger partial charge in [-0.1, -0.05) is 97.6 Å². The number of ether oxygens (including phenoxy) is 4. The van der Waals surface area contributed by atoms with Crippen LogP contribution in [0.15, 0.2) is 140 Å². The molecule has 5 heterocycles. The van der Waals surface area contributed by atoms with E-state index in [-0.39, 0.29) is 43.8 Å². The minimum Gasteiger partial charge on any atom is -0.508 e. The van der Waals surface area contributed by atoms with E-state index in [1.54, 1.807) is 30.3 Å². The molecule has 0 bridgehead atoms. The molecule has 5 aliphatic heterocycles. The van der Waals surface area contributed by atoms with Crippen molar-refractivity contribution in [3.05, 3.63) is 171 Å². The van der Waals surface area contributed by atoms with Crippen molar-refractivity contribution in [2.45, 2.75) is 73.5 Å². The second-order valence-electron chi connectivity index (χ2n) is 19.9. The molecule has 0 saturated carbocycles. The number of unbranched alkanes of at least 4 members (excludes halogenated alkanes) is 1. The third-order valence-electron chi connectivity index (χ3n) is 15.2. The second kappa shape index (κ2) is 21.6. The van der Waals surface area contributed by atoms with Crippen molar-refractivity contribution < 1.29 is 52.8 Å². The Balaban J connectivity index is 0.939. The summed E-state index contributed by atoms with van der Waals surface area (Å²) in [6.45, 7) is 4.22. The zero-order chi connectivity index (χ0) is 52.5. The highest BCUT2D eigenvalue weighted by atomic mass is 127. The molecule has 17 heteroatoms. The van der Waals surface area contributed by atoms with Crippen molar-refractivity contribution >= 4 is 63.9 Å². The molecule has 4 fully saturated rings. The third-order valence-corrected chi connectivity index (χ3v) is 15.9. The number of carbonyl (C=O) groups excluding carboxylic acids is 6. The molecule has 0 unspecified atom stereocenters. The van der Waals surface area contributed by atoms with Gasteiger partial charge in [-0.3, -0.25) is 33.7 Å². The molecular weight excluding hydrogens is 1070 g/mol. The number of amides is 3. The van der Waals surface area contributed by atoms with Crippen LogP contribution < -0.4 is 15.4 Å². The molecule has 4 saturated heterocycles. The Hall–Kier alpha value is -7.09. The molecule has 5 aliphatic rings. The van der Waals surface area contributed by atoms with Crippen LogP contribution in [0.25, 0.3) is 0 Å². The van der Waals surface area contributed by atoms with Gasteiger partial charge in [0.05, 0.1) is 24.0 Å². The van der Waals surface area contributed by atoms with Crippen LogP contribution in [0.1, 0.15) is 77.7 Å². The summed E-state index contributed by atoms with van der Waals surface area (Å²) in [5, 5.41) is 16.1. The van der Waals surface area contributed by atoms with E-state index in [4.69, 9.17) is 18.9 Å². The number of cyclic esters (lactones) is 1. The first-order valence-electron chi connectivity index (χ1n) is 25.2. The molecule has 388 valence electrons. The van der Waals surface area contributed by atoms with Crippen LogP contribution in [0, 0.1) is 15.4 Å². The molecule has 10 atom stereocenters. The number of esters is 3. The number of aromatic hydroxyl groups is 1. The number of nitrogens with one attached hydrogen (secondary N) is 2. The van der Waals surface area contributed by atoms with Gasteiger partial charge in [-0.25, -0.2) is 0 Å². The Bertz CT molecular complexity index is 2980. The van der Waals surface area contributed by atoms with Gasteiger partial charge in [0.2, 0.25) is 17.7 Å². The fourth-order valence-corrected chi connectivity index (χ4v) is 12.6. The van der Waals surface area contributed by atoms with Crippen LogP contribution in [0.2, 0.25) is 0 Å². The maximum absolute atomic E-state index is 15.2. The van der Waals surface area contributed by atoms with Gasteiger partial charge >= 0.3 is 17.9 Å². The highest BCUT2D eigenvalue weighted by Crippen LogP contribution is 2.65. The number of benzene rings is 5. The number of piperazine rings is 1. The average molecular weight is 1130 g/mol. The molecule has 1 spiro atoms. The molecule has 0 aromatic heterocycles. The predicted octanol–water partition coefficient (Wildman–Crippen LogP) is 7.11. The number of nitrogens with zero attached hydrogens (tertiary/aromatic N) is 3. The van der Waals surface area contributed by atoms with Crippen molar-refractivity contribution in [1.82, 2.24) is 20.0 Å². The van der Waals surface area contributed by atoms with Crippen LogP contribution in [-0.4, -0.2) is 114 Å². The zero-order valence-electron chi connectivity index (χ0n) is 41.5. The van der Waals surface area contributed by atoms with Crippen molar-refractivity contribution in [3.63, 3.8) is 0 Å². The molecule has 0 radical (unpaired) electrons. The van der Waals surface area contributed by atoms with E-state index < -0.39 is 83.4 Å². The van der Waals surface area contributed by atoms with E-state index in [0.717, 1.165) is 34.1 Å². The van der Waals surface area contributed by atoms with Gasteiger partial charge in [-0.15, -0.1) is 0 Å². The summed E-state index contributed by atoms with van der Waals surface area (Å²) in [7, 11) is 3.96. The molecule has 0 aliphatic carbocycles. The number of hydrogen-bond donors (Lipinski definition) is 3. The quantitative estimate of drug-likeness (QED) is 0.0281. The smallest absolute Gasteiger partial charge is 0.325 e. The molecule has 5 aromatic rings. The van der Waals surface area contributed by atoms with E-state index in [1.165, 1.54) is 23.1 Å². The highest BCUT2D eigenvalue weighted by Gasteiger charge is 2.74. The van der Waals surface area contributed by atoms with Gasteiger partial charge in [-0.2, -0.15) is 0 Å². The molecule has 16 nitrogen and oxygen atoms in total. The third kappa shape index (κ3) is 9.54. The molecular formula is C58H58IN5O11. The van der Waals surface area contributed by atoms with Gasteiger partial charge in [0.1, 0.15) is 66.9 Å². The van der Waals surface area contributed by atoms with Crippen molar-refractivity contribution in [1.29, 1.82) is 0 Å². The Labute approximate surface area is 448 Å². The number of fused-ring (bicyclic) bond motifs is 4. The monoisotopic (exact) mass is 1130 g/mol. The van der Waals surface area contributed by atoms with Gasteiger partial charge in [0, 0.05) is 9.26 Å². The summed E-state index contributed by atoms with van der Waals surface area (Å²) in [4.78, 5) is 92.3. The highest BCUT2D eigenvalue weighted by molar-refractivity contribution is 14.1. The van der Waals surface area contributed by atoms with E-state index in [2.05, 4.69) is 44.7 Å². The zero-order valence-corrected chi connectivity index (χ0v) is 43.7. The SMILES string of the molecule is C=CCOC(=O)[C@@H]1[C@H]2C(=O)O[C@H](c3ccccc3)[C@H](c3ccccc3)N2[C@H](c2ccc(OCCOC(=O)[C@@H]3C[C@@H]4C(=O)N[C@@H](CCCCN(C)C)C(=O)N4[C@@H]3c3ccc(O)cc3)cc2)[C@@]12C(=O)Nc1ccc(I)cc12. The van der Waals surface area contributed by atoms with Crippen molar-refractivity contribution in [2.75, 3.05) is 45.8 Å². The summed E-state index contributed by atoms with van der Waals surface area (Å²) in [6.07, 6.45) is 2.69. The molecule has 3 N–H and O–H groups in total. The predicted molar refractivity (Wildman–Crippen MR) is 284 cm³/mol. The Kier molecular flexibility index (Phi) is 14.8. The minimum atomic E-state index is -1.71. The Morgan fingerprint density at radius 1 is 0.813 bits per heavy atom. The lowest BCUT2D eigenvalue weighted by Gasteiger charge is -2.46. The largest absolute Gasteiger partial charge is 0.508 e. The number of rotatable bonds is 17. The fourth-order valence-electron chi connectivity index (χ4n) is 12.1. The lowest BCUT2D eigenvalue weighted by atomic mass is 9.65. The van der Waals surface area contributed by atoms with Crippen molar-refractivity contribution in [2.24, 2.45) is 11.8 Å².